The highest BCUT2D eigenvalue weighted by Crippen LogP contribution is 2.32. The van der Waals surface area contributed by atoms with Gasteiger partial charge in [-0.15, -0.1) is 0 Å². The molecule has 1 amide bonds. The third-order valence-electron chi connectivity index (χ3n) is 5.00. The first-order chi connectivity index (χ1) is 11.6. The molecular weight excluding hydrogens is 326 g/mol. The average molecular weight is 346 g/mol. The fourth-order valence-electron chi connectivity index (χ4n) is 3.68. The molecule has 3 heterocycles. The molecule has 5 nitrogen and oxygen atoms in total. The van der Waals surface area contributed by atoms with Gasteiger partial charge >= 0.3 is 0 Å². The highest BCUT2D eigenvalue weighted by atomic mass is 35.5. The molecule has 2 aliphatic heterocycles. The van der Waals surface area contributed by atoms with Gasteiger partial charge in [-0.2, -0.15) is 0 Å². The summed E-state index contributed by atoms with van der Waals surface area (Å²) in [5.74, 6) is 0.866. The summed E-state index contributed by atoms with van der Waals surface area (Å²) in [6.45, 7) is 3.59. The third kappa shape index (κ3) is 2.77. The molecule has 0 aliphatic carbocycles. The molecular formula is C18H20ClN3O2. The highest BCUT2D eigenvalue weighted by Gasteiger charge is 2.34. The summed E-state index contributed by atoms with van der Waals surface area (Å²) in [7, 11) is 0. The maximum absolute atomic E-state index is 12.8. The molecule has 1 fully saturated rings. The van der Waals surface area contributed by atoms with E-state index in [9.17, 15) is 4.79 Å². The van der Waals surface area contributed by atoms with E-state index in [0.717, 1.165) is 37.2 Å². The van der Waals surface area contributed by atoms with Crippen LogP contribution in [0.25, 0.3) is 0 Å². The van der Waals surface area contributed by atoms with E-state index in [4.69, 9.17) is 16.3 Å². The van der Waals surface area contributed by atoms with Crippen molar-refractivity contribution in [2.24, 2.45) is 0 Å². The van der Waals surface area contributed by atoms with Gasteiger partial charge in [-0.1, -0.05) is 11.6 Å². The van der Waals surface area contributed by atoms with E-state index in [1.165, 1.54) is 5.69 Å². The van der Waals surface area contributed by atoms with Gasteiger partial charge in [0.05, 0.1) is 6.33 Å². The number of rotatable bonds is 2. The quantitative estimate of drug-likeness (QED) is 0.840. The van der Waals surface area contributed by atoms with Crippen LogP contribution in [0.15, 0.2) is 30.7 Å². The van der Waals surface area contributed by atoms with Gasteiger partial charge < -0.3 is 14.2 Å². The van der Waals surface area contributed by atoms with Gasteiger partial charge in [0.15, 0.2) is 6.10 Å². The van der Waals surface area contributed by atoms with Crippen LogP contribution in [0.5, 0.6) is 5.75 Å². The number of amides is 1. The predicted molar refractivity (Wildman–Crippen MR) is 91.4 cm³/mol. The number of hydrogen-bond acceptors (Lipinski definition) is 3. The summed E-state index contributed by atoms with van der Waals surface area (Å²) in [5, 5.41) is 0.682. The molecule has 1 aromatic carbocycles. The lowest BCUT2D eigenvalue weighted by molar-refractivity contribution is -0.139. The number of aryl methyl sites for hydroxylation is 1. The number of benzene rings is 1. The summed E-state index contributed by atoms with van der Waals surface area (Å²) in [4.78, 5) is 18.9. The lowest BCUT2D eigenvalue weighted by atomic mass is 10.0. The Bertz CT molecular complexity index is 765. The van der Waals surface area contributed by atoms with Crippen molar-refractivity contribution in [3.63, 3.8) is 0 Å². The highest BCUT2D eigenvalue weighted by molar-refractivity contribution is 6.30. The van der Waals surface area contributed by atoms with Crippen molar-refractivity contribution in [2.45, 2.75) is 38.3 Å². The monoisotopic (exact) mass is 345 g/mol. The SMILES string of the molecule is Cc1cncn1C1CCN(C(=O)C2Cc3cc(Cl)ccc3O2)CC1. The number of piperidine rings is 1. The molecule has 2 aromatic rings. The summed E-state index contributed by atoms with van der Waals surface area (Å²) in [5.41, 5.74) is 2.19. The number of likely N-dealkylation sites (tertiary alicyclic amines) is 1. The van der Waals surface area contributed by atoms with E-state index in [-0.39, 0.29) is 5.91 Å². The second-order valence-electron chi connectivity index (χ2n) is 6.56. The third-order valence-corrected chi connectivity index (χ3v) is 5.24. The Morgan fingerprint density at radius 1 is 1.33 bits per heavy atom. The minimum Gasteiger partial charge on any atom is -0.480 e. The van der Waals surface area contributed by atoms with Gasteiger partial charge in [0.25, 0.3) is 5.91 Å². The molecule has 126 valence electrons. The first kappa shape index (κ1) is 15.5. The normalized spacial score (nSPS) is 20.8. The lowest BCUT2D eigenvalue weighted by Crippen LogP contribution is -2.45. The minimum absolute atomic E-state index is 0.0862. The van der Waals surface area contributed by atoms with Crippen molar-refractivity contribution >= 4 is 17.5 Å². The Kier molecular flexibility index (Phi) is 3.96. The Labute approximate surface area is 146 Å². The molecule has 24 heavy (non-hydrogen) atoms. The molecule has 0 saturated carbocycles. The van der Waals surface area contributed by atoms with Crippen LogP contribution in [-0.2, 0) is 11.2 Å². The summed E-state index contributed by atoms with van der Waals surface area (Å²) in [6, 6.07) is 5.96. The molecule has 0 radical (unpaired) electrons. The zero-order chi connectivity index (χ0) is 16.7. The van der Waals surface area contributed by atoms with Crippen LogP contribution in [0.2, 0.25) is 5.02 Å². The molecule has 1 atom stereocenters. The fraction of sp³-hybridized carbons (Fsp3) is 0.444. The van der Waals surface area contributed by atoms with Crippen molar-refractivity contribution in [3.8, 4) is 5.75 Å². The van der Waals surface area contributed by atoms with Crippen molar-refractivity contribution in [3.05, 3.63) is 47.0 Å². The summed E-state index contributed by atoms with van der Waals surface area (Å²) >= 11 is 6.02. The van der Waals surface area contributed by atoms with Crippen LogP contribution in [0.3, 0.4) is 0 Å². The number of fused-ring (bicyclic) bond motifs is 1. The van der Waals surface area contributed by atoms with E-state index < -0.39 is 6.10 Å². The number of hydrogen-bond donors (Lipinski definition) is 0. The van der Waals surface area contributed by atoms with E-state index in [2.05, 4.69) is 16.5 Å². The van der Waals surface area contributed by atoms with Gasteiger partial charge in [-0.3, -0.25) is 4.79 Å². The molecule has 1 saturated heterocycles. The smallest absolute Gasteiger partial charge is 0.263 e. The zero-order valence-corrected chi connectivity index (χ0v) is 14.4. The average Bonchev–Trinajstić information content (AvgIpc) is 3.20. The Balaban J connectivity index is 1.38. The maximum atomic E-state index is 12.8. The van der Waals surface area contributed by atoms with Gasteiger partial charge in [0, 0.05) is 42.5 Å². The molecule has 1 unspecified atom stereocenters. The van der Waals surface area contributed by atoms with Gasteiger partial charge in [0.2, 0.25) is 0 Å². The molecule has 0 N–H and O–H groups in total. The maximum Gasteiger partial charge on any atom is 0.263 e. The molecule has 4 rings (SSSR count). The number of carbonyl (C=O) groups excluding carboxylic acids is 1. The van der Waals surface area contributed by atoms with Gasteiger partial charge in [-0.05, 0) is 43.5 Å². The number of carbonyl (C=O) groups is 1. The topological polar surface area (TPSA) is 47.4 Å². The van der Waals surface area contributed by atoms with E-state index in [0.29, 0.717) is 17.5 Å². The summed E-state index contributed by atoms with van der Waals surface area (Å²) < 4.78 is 8.04. The Morgan fingerprint density at radius 2 is 2.12 bits per heavy atom. The second kappa shape index (κ2) is 6.13. The lowest BCUT2D eigenvalue weighted by Gasteiger charge is -2.34. The number of aromatic nitrogens is 2. The Hall–Kier alpha value is -2.01. The second-order valence-corrected chi connectivity index (χ2v) is 7.00. The molecule has 6 heteroatoms. The largest absolute Gasteiger partial charge is 0.480 e. The van der Waals surface area contributed by atoms with Crippen LogP contribution in [0.4, 0.5) is 0 Å². The first-order valence-corrected chi connectivity index (χ1v) is 8.72. The molecule has 0 spiro atoms. The minimum atomic E-state index is -0.412. The number of imidazole rings is 1. The van der Waals surface area contributed by atoms with Crippen LogP contribution in [0.1, 0.15) is 30.1 Å². The van der Waals surface area contributed by atoms with Crippen molar-refractivity contribution in [1.82, 2.24) is 14.5 Å². The number of ether oxygens (including phenoxy) is 1. The fourth-order valence-corrected chi connectivity index (χ4v) is 3.87. The van der Waals surface area contributed by atoms with Gasteiger partial charge in [-0.25, -0.2) is 4.98 Å². The van der Waals surface area contributed by atoms with Crippen LogP contribution in [0, 0.1) is 6.92 Å². The Morgan fingerprint density at radius 3 is 2.83 bits per heavy atom. The summed E-state index contributed by atoms with van der Waals surface area (Å²) in [6.07, 6.45) is 5.87. The standard InChI is InChI=1S/C18H20ClN3O2/c1-12-10-20-11-22(12)15-4-6-21(7-5-15)18(23)17-9-13-8-14(19)2-3-16(13)24-17/h2-3,8,10-11,15,17H,4-7,9H2,1H3. The molecule has 2 aliphatic rings. The van der Waals surface area contributed by atoms with Crippen LogP contribution in [-0.4, -0.2) is 39.6 Å². The van der Waals surface area contributed by atoms with Crippen molar-refractivity contribution < 1.29 is 9.53 Å². The number of nitrogens with zero attached hydrogens (tertiary/aromatic N) is 3. The van der Waals surface area contributed by atoms with E-state index >= 15 is 0 Å². The molecule has 0 bridgehead atoms. The van der Waals surface area contributed by atoms with Crippen LogP contribution >= 0.6 is 11.6 Å². The van der Waals surface area contributed by atoms with E-state index in [1.54, 1.807) is 6.07 Å². The van der Waals surface area contributed by atoms with Crippen LogP contribution < -0.4 is 4.74 Å². The first-order valence-electron chi connectivity index (χ1n) is 8.34. The van der Waals surface area contributed by atoms with Gasteiger partial charge in [0.1, 0.15) is 5.75 Å². The van der Waals surface area contributed by atoms with Crippen molar-refractivity contribution in [2.75, 3.05) is 13.1 Å². The predicted octanol–water partition coefficient (Wildman–Crippen LogP) is 3.01. The number of halogens is 1. The van der Waals surface area contributed by atoms with E-state index in [1.807, 2.05) is 29.6 Å². The van der Waals surface area contributed by atoms with Crippen molar-refractivity contribution in [1.29, 1.82) is 0 Å². The zero-order valence-electron chi connectivity index (χ0n) is 13.6. The molecule has 1 aromatic heterocycles.